The lowest BCUT2D eigenvalue weighted by molar-refractivity contribution is -0.123. The van der Waals surface area contributed by atoms with Crippen molar-refractivity contribution in [2.24, 2.45) is 5.92 Å². The van der Waals surface area contributed by atoms with Crippen LogP contribution in [0.5, 0.6) is 5.75 Å². The predicted octanol–water partition coefficient (Wildman–Crippen LogP) is 4.14. The number of ether oxygens (including phenoxy) is 1. The van der Waals surface area contributed by atoms with Crippen LogP contribution in [-0.2, 0) is 4.79 Å². The average Bonchev–Trinajstić information content (AvgIpc) is 2.92. The van der Waals surface area contributed by atoms with Gasteiger partial charge in [0.25, 0.3) is 0 Å². The molecular weight excluding hydrogens is 236 g/mol. The van der Waals surface area contributed by atoms with E-state index in [-0.39, 0.29) is 0 Å². The molecule has 0 atom stereocenters. The van der Waals surface area contributed by atoms with Crippen LogP contribution in [0.15, 0.2) is 12.1 Å². The van der Waals surface area contributed by atoms with Crippen molar-refractivity contribution in [3.05, 3.63) is 28.8 Å². The molecule has 0 unspecified atom stereocenters. The number of Topliss-reactive ketones (excluding diaryl/α,β-unsaturated/α-hetero) is 1. The maximum atomic E-state index is 12.0. The van der Waals surface area contributed by atoms with E-state index >= 15 is 0 Å². The number of ketones is 1. The first kappa shape index (κ1) is 14.1. The highest BCUT2D eigenvalue weighted by atomic mass is 16.5. The minimum atomic E-state index is 0.309. The van der Waals surface area contributed by atoms with Crippen molar-refractivity contribution in [2.75, 3.05) is 6.61 Å². The number of hydrogen-bond donors (Lipinski definition) is 0. The van der Waals surface area contributed by atoms with E-state index in [2.05, 4.69) is 32.9 Å². The monoisotopic (exact) mass is 260 g/mol. The molecule has 2 heteroatoms. The zero-order valence-corrected chi connectivity index (χ0v) is 12.3. The Hall–Kier alpha value is -1.31. The van der Waals surface area contributed by atoms with Crippen molar-refractivity contribution in [2.45, 2.75) is 52.9 Å². The molecule has 1 aromatic carbocycles. The summed E-state index contributed by atoms with van der Waals surface area (Å²) in [6, 6.07) is 4.19. The van der Waals surface area contributed by atoms with Gasteiger partial charge in [0.15, 0.2) is 0 Å². The van der Waals surface area contributed by atoms with Crippen LogP contribution in [0.1, 0.15) is 48.8 Å². The van der Waals surface area contributed by atoms with Gasteiger partial charge in [0.2, 0.25) is 0 Å². The van der Waals surface area contributed by atoms with E-state index in [4.69, 9.17) is 4.74 Å². The SMILES string of the molecule is Cc1ccc(C)c(OCCC(=O)C2CCCC2)c1C. The Bertz CT molecular complexity index is 457. The van der Waals surface area contributed by atoms with Gasteiger partial charge in [-0.25, -0.2) is 0 Å². The van der Waals surface area contributed by atoms with Gasteiger partial charge in [-0.05, 0) is 50.3 Å². The number of carbonyl (C=O) groups excluding carboxylic acids is 1. The quantitative estimate of drug-likeness (QED) is 0.795. The lowest BCUT2D eigenvalue weighted by atomic mass is 10.0. The van der Waals surface area contributed by atoms with Gasteiger partial charge >= 0.3 is 0 Å². The van der Waals surface area contributed by atoms with E-state index in [1.807, 2.05) is 0 Å². The van der Waals surface area contributed by atoms with Crippen LogP contribution in [-0.4, -0.2) is 12.4 Å². The topological polar surface area (TPSA) is 26.3 Å². The molecule has 0 heterocycles. The number of hydrogen-bond acceptors (Lipinski definition) is 2. The molecule has 0 aliphatic heterocycles. The van der Waals surface area contributed by atoms with Crippen molar-refractivity contribution >= 4 is 5.78 Å². The van der Waals surface area contributed by atoms with Crippen LogP contribution in [0, 0.1) is 26.7 Å². The van der Waals surface area contributed by atoms with Crippen LogP contribution < -0.4 is 4.74 Å². The van der Waals surface area contributed by atoms with Gasteiger partial charge in [0.05, 0.1) is 6.61 Å². The Morgan fingerprint density at radius 2 is 1.79 bits per heavy atom. The average molecular weight is 260 g/mol. The Kier molecular flexibility index (Phi) is 4.62. The van der Waals surface area contributed by atoms with Gasteiger partial charge in [-0.3, -0.25) is 4.79 Å². The first-order valence-corrected chi connectivity index (χ1v) is 7.32. The second-order valence-corrected chi connectivity index (χ2v) is 5.70. The van der Waals surface area contributed by atoms with Crippen LogP contribution in [0.25, 0.3) is 0 Å². The first-order valence-electron chi connectivity index (χ1n) is 7.32. The van der Waals surface area contributed by atoms with E-state index in [0.717, 1.165) is 24.2 Å². The Morgan fingerprint density at radius 3 is 2.47 bits per heavy atom. The Labute approximate surface area is 116 Å². The van der Waals surface area contributed by atoms with Gasteiger partial charge < -0.3 is 4.74 Å². The van der Waals surface area contributed by atoms with Crippen molar-refractivity contribution in [3.63, 3.8) is 0 Å². The highest BCUT2D eigenvalue weighted by molar-refractivity contribution is 5.81. The summed E-state index contributed by atoms with van der Waals surface area (Å²) >= 11 is 0. The van der Waals surface area contributed by atoms with E-state index < -0.39 is 0 Å². The lowest BCUT2D eigenvalue weighted by Crippen LogP contribution is -2.14. The number of benzene rings is 1. The third-order valence-electron chi connectivity index (χ3n) is 4.28. The third kappa shape index (κ3) is 3.37. The van der Waals surface area contributed by atoms with Gasteiger partial charge in [0, 0.05) is 12.3 Å². The summed E-state index contributed by atoms with van der Waals surface area (Å²) in [5.41, 5.74) is 3.58. The molecular formula is C17H24O2. The molecule has 2 nitrogen and oxygen atoms in total. The van der Waals surface area contributed by atoms with Crippen LogP contribution >= 0.6 is 0 Å². The highest BCUT2D eigenvalue weighted by Crippen LogP contribution is 2.28. The molecule has 1 saturated carbocycles. The van der Waals surface area contributed by atoms with Gasteiger partial charge in [-0.1, -0.05) is 25.0 Å². The molecule has 0 bridgehead atoms. The van der Waals surface area contributed by atoms with Crippen molar-refractivity contribution in [1.29, 1.82) is 0 Å². The Morgan fingerprint density at radius 1 is 1.16 bits per heavy atom. The summed E-state index contributed by atoms with van der Waals surface area (Å²) in [5.74, 6) is 1.66. The van der Waals surface area contributed by atoms with Crippen LogP contribution in [0.3, 0.4) is 0 Å². The number of carbonyl (C=O) groups is 1. The second-order valence-electron chi connectivity index (χ2n) is 5.70. The maximum Gasteiger partial charge on any atom is 0.139 e. The van der Waals surface area contributed by atoms with Gasteiger partial charge in [-0.15, -0.1) is 0 Å². The van der Waals surface area contributed by atoms with E-state index in [9.17, 15) is 4.79 Å². The normalized spacial score (nSPS) is 15.7. The fourth-order valence-electron chi connectivity index (χ4n) is 2.85. The molecule has 19 heavy (non-hydrogen) atoms. The largest absolute Gasteiger partial charge is 0.493 e. The van der Waals surface area contributed by atoms with E-state index in [1.165, 1.54) is 24.0 Å². The second kappa shape index (κ2) is 6.23. The summed E-state index contributed by atoms with van der Waals surface area (Å²) in [6.07, 6.45) is 5.15. The molecule has 2 rings (SSSR count). The molecule has 0 amide bonds. The molecule has 1 aliphatic rings. The van der Waals surface area contributed by atoms with Crippen molar-refractivity contribution in [3.8, 4) is 5.75 Å². The maximum absolute atomic E-state index is 12.0. The zero-order chi connectivity index (χ0) is 13.8. The summed E-state index contributed by atoms with van der Waals surface area (Å²) < 4.78 is 5.86. The van der Waals surface area contributed by atoms with Crippen molar-refractivity contribution < 1.29 is 9.53 Å². The standard InChI is InChI=1S/C17H24O2/c1-12-8-9-13(2)17(14(12)3)19-11-10-16(18)15-6-4-5-7-15/h8-9,15H,4-7,10-11H2,1-3H3. The molecule has 0 saturated heterocycles. The lowest BCUT2D eigenvalue weighted by Gasteiger charge is -2.14. The first-order chi connectivity index (χ1) is 9.09. The fourth-order valence-corrected chi connectivity index (χ4v) is 2.85. The molecule has 0 radical (unpaired) electrons. The number of rotatable bonds is 5. The molecule has 1 fully saturated rings. The molecule has 0 N–H and O–H groups in total. The molecule has 0 aromatic heterocycles. The molecule has 0 spiro atoms. The highest BCUT2D eigenvalue weighted by Gasteiger charge is 2.22. The summed E-state index contributed by atoms with van der Waals surface area (Å²) in [7, 11) is 0. The molecule has 1 aliphatic carbocycles. The molecule has 1 aromatic rings. The summed E-state index contributed by atoms with van der Waals surface area (Å²) in [4.78, 5) is 12.0. The van der Waals surface area contributed by atoms with Gasteiger partial charge in [0.1, 0.15) is 11.5 Å². The fraction of sp³-hybridized carbons (Fsp3) is 0.588. The summed E-state index contributed by atoms with van der Waals surface area (Å²) in [5, 5.41) is 0. The van der Waals surface area contributed by atoms with Crippen LogP contribution in [0.4, 0.5) is 0 Å². The van der Waals surface area contributed by atoms with E-state index in [1.54, 1.807) is 0 Å². The smallest absolute Gasteiger partial charge is 0.139 e. The third-order valence-corrected chi connectivity index (χ3v) is 4.28. The van der Waals surface area contributed by atoms with Crippen LogP contribution in [0.2, 0.25) is 0 Å². The van der Waals surface area contributed by atoms with E-state index in [0.29, 0.717) is 24.7 Å². The minimum Gasteiger partial charge on any atom is -0.493 e. The number of aryl methyl sites for hydroxylation is 2. The van der Waals surface area contributed by atoms with Gasteiger partial charge in [-0.2, -0.15) is 0 Å². The van der Waals surface area contributed by atoms with Crippen molar-refractivity contribution in [1.82, 2.24) is 0 Å². The predicted molar refractivity (Wildman–Crippen MR) is 77.7 cm³/mol. The zero-order valence-electron chi connectivity index (χ0n) is 12.3. The molecule has 104 valence electrons. The Balaban J connectivity index is 1.89. The minimum absolute atomic E-state index is 0.309. The summed E-state index contributed by atoms with van der Waals surface area (Å²) in [6.45, 7) is 6.74.